The van der Waals surface area contributed by atoms with E-state index >= 15 is 0 Å². The third-order valence-corrected chi connectivity index (χ3v) is 3.76. The van der Waals surface area contributed by atoms with E-state index in [2.05, 4.69) is 49.5 Å². The highest BCUT2D eigenvalue weighted by atomic mass is 16.5. The van der Waals surface area contributed by atoms with E-state index in [1.807, 2.05) is 0 Å². The smallest absolute Gasteiger partial charge is 0.0488 e. The molecule has 1 fully saturated rings. The zero-order chi connectivity index (χ0) is 14.2. The van der Waals surface area contributed by atoms with Crippen LogP contribution in [-0.4, -0.2) is 25.8 Å². The van der Waals surface area contributed by atoms with Gasteiger partial charge in [-0.25, -0.2) is 0 Å². The molecule has 112 valence electrons. The molecular formula is C18H29NO. The van der Waals surface area contributed by atoms with Crippen molar-refractivity contribution in [2.75, 3.05) is 19.8 Å². The second-order valence-electron chi connectivity index (χ2n) is 6.50. The lowest BCUT2D eigenvalue weighted by molar-refractivity contribution is 0.0975. The fraction of sp³-hybridized carbons (Fsp3) is 0.667. The molecule has 0 spiro atoms. The molecule has 1 unspecified atom stereocenters. The van der Waals surface area contributed by atoms with Crippen molar-refractivity contribution >= 4 is 0 Å². The van der Waals surface area contributed by atoms with Crippen LogP contribution in [0.25, 0.3) is 0 Å². The first-order chi connectivity index (χ1) is 9.74. The Morgan fingerprint density at radius 1 is 1.20 bits per heavy atom. The Hall–Kier alpha value is -0.860. The normalized spacial score (nSPS) is 16.6. The molecule has 0 bridgehead atoms. The van der Waals surface area contributed by atoms with Gasteiger partial charge < -0.3 is 10.1 Å². The van der Waals surface area contributed by atoms with E-state index in [0.717, 1.165) is 38.6 Å². The second kappa shape index (κ2) is 8.43. The van der Waals surface area contributed by atoms with Gasteiger partial charge in [-0.05, 0) is 49.6 Å². The molecule has 20 heavy (non-hydrogen) atoms. The Kier molecular flexibility index (Phi) is 6.55. The summed E-state index contributed by atoms with van der Waals surface area (Å²) in [4.78, 5) is 0. The molecule has 2 rings (SSSR count). The fourth-order valence-corrected chi connectivity index (χ4v) is 2.41. The van der Waals surface area contributed by atoms with Crippen molar-refractivity contribution in [1.82, 2.24) is 5.32 Å². The number of rotatable bonds is 10. The molecule has 1 aromatic carbocycles. The van der Waals surface area contributed by atoms with Gasteiger partial charge in [-0.15, -0.1) is 0 Å². The minimum atomic E-state index is 0.632. The van der Waals surface area contributed by atoms with Crippen LogP contribution in [0.1, 0.15) is 38.7 Å². The molecule has 1 aromatic rings. The SMILES string of the molecule is CC(C)COCCC(CNC1CC1)Cc1ccccc1. The quantitative estimate of drug-likeness (QED) is 0.658. The van der Waals surface area contributed by atoms with Gasteiger partial charge in [0.1, 0.15) is 0 Å². The molecule has 1 aliphatic rings. The molecule has 2 nitrogen and oxygen atoms in total. The highest BCUT2D eigenvalue weighted by Crippen LogP contribution is 2.20. The maximum Gasteiger partial charge on any atom is 0.0488 e. The Morgan fingerprint density at radius 3 is 2.60 bits per heavy atom. The van der Waals surface area contributed by atoms with Gasteiger partial charge >= 0.3 is 0 Å². The Labute approximate surface area is 123 Å². The van der Waals surface area contributed by atoms with Crippen LogP contribution in [0.2, 0.25) is 0 Å². The summed E-state index contributed by atoms with van der Waals surface area (Å²) in [6.07, 6.45) is 5.04. The first-order valence-electron chi connectivity index (χ1n) is 8.09. The van der Waals surface area contributed by atoms with Crippen molar-refractivity contribution in [2.24, 2.45) is 11.8 Å². The summed E-state index contributed by atoms with van der Waals surface area (Å²) in [6, 6.07) is 11.6. The van der Waals surface area contributed by atoms with Crippen LogP contribution in [0.5, 0.6) is 0 Å². The molecule has 0 aliphatic heterocycles. The van der Waals surface area contributed by atoms with Crippen molar-refractivity contribution in [2.45, 2.75) is 45.6 Å². The van der Waals surface area contributed by atoms with Gasteiger partial charge in [0.15, 0.2) is 0 Å². The van der Waals surface area contributed by atoms with Gasteiger partial charge in [-0.2, -0.15) is 0 Å². The van der Waals surface area contributed by atoms with Crippen molar-refractivity contribution in [3.05, 3.63) is 35.9 Å². The number of hydrogen-bond donors (Lipinski definition) is 1. The summed E-state index contributed by atoms with van der Waals surface area (Å²) in [6.45, 7) is 7.31. The molecule has 2 heteroatoms. The van der Waals surface area contributed by atoms with Gasteiger partial charge in [0.2, 0.25) is 0 Å². The van der Waals surface area contributed by atoms with Crippen LogP contribution in [0, 0.1) is 11.8 Å². The van der Waals surface area contributed by atoms with Gasteiger partial charge in [0, 0.05) is 19.3 Å². The number of benzene rings is 1. The first-order valence-corrected chi connectivity index (χ1v) is 8.09. The second-order valence-corrected chi connectivity index (χ2v) is 6.50. The molecule has 1 atom stereocenters. The molecule has 1 aliphatic carbocycles. The van der Waals surface area contributed by atoms with Crippen LogP contribution in [0.3, 0.4) is 0 Å². The molecule has 0 radical (unpaired) electrons. The fourth-order valence-electron chi connectivity index (χ4n) is 2.41. The molecule has 0 saturated heterocycles. The molecule has 0 heterocycles. The summed E-state index contributed by atoms with van der Waals surface area (Å²) < 4.78 is 5.76. The Morgan fingerprint density at radius 2 is 1.95 bits per heavy atom. The van der Waals surface area contributed by atoms with E-state index in [0.29, 0.717) is 11.8 Å². The summed E-state index contributed by atoms with van der Waals surface area (Å²) >= 11 is 0. The summed E-state index contributed by atoms with van der Waals surface area (Å²) in [5, 5.41) is 3.67. The maximum absolute atomic E-state index is 5.76. The van der Waals surface area contributed by atoms with E-state index in [9.17, 15) is 0 Å². The first kappa shape index (κ1) is 15.5. The molecule has 1 saturated carbocycles. The van der Waals surface area contributed by atoms with E-state index in [-0.39, 0.29) is 0 Å². The minimum absolute atomic E-state index is 0.632. The van der Waals surface area contributed by atoms with Crippen molar-refractivity contribution < 1.29 is 4.74 Å². The highest BCUT2D eigenvalue weighted by Gasteiger charge is 2.22. The van der Waals surface area contributed by atoms with E-state index in [1.165, 1.54) is 18.4 Å². The zero-order valence-electron chi connectivity index (χ0n) is 13.0. The number of nitrogens with one attached hydrogen (secondary N) is 1. The molecule has 0 aromatic heterocycles. The van der Waals surface area contributed by atoms with Crippen molar-refractivity contribution in [3.8, 4) is 0 Å². The monoisotopic (exact) mass is 275 g/mol. The summed E-state index contributed by atoms with van der Waals surface area (Å²) in [5.41, 5.74) is 1.44. The highest BCUT2D eigenvalue weighted by molar-refractivity contribution is 5.15. The van der Waals surface area contributed by atoms with E-state index < -0.39 is 0 Å². The topological polar surface area (TPSA) is 21.3 Å². The third-order valence-electron chi connectivity index (χ3n) is 3.76. The Bertz CT molecular complexity index is 359. The van der Waals surface area contributed by atoms with Gasteiger partial charge in [-0.3, -0.25) is 0 Å². The van der Waals surface area contributed by atoms with E-state index in [1.54, 1.807) is 0 Å². The van der Waals surface area contributed by atoms with Crippen LogP contribution in [0.4, 0.5) is 0 Å². The lowest BCUT2D eigenvalue weighted by Gasteiger charge is -2.18. The lowest BCUT2D eigenvalue weighted by atomic mass is 9.96. The number of hydrogen-bond acceptors (Lipinski definition) is 2. The van der Waals surface area contributed by atoms with Gasteiger partial charge in [0.05, 0.1) is 0 Å². The standard InChI is InChI=1S/C18H29NO/c1-15(2)14-20-11-10-17(13-19-18-8-9-18)12-16-6-4-3-5-7-16/h3-7,15,17-19H,8-14H2,1-2H3. The lowest BCUT2D eigenvalue weighted by Crippen LogP contribution is -2.27. The zero-order valence-corrected chi connectivity index (χ0v) is 13.0. The minimum Gasteiger partial charge on any atom is -0.381 e. The predicted octanol–water partition coefficient (Wildman–Crippen LogP) is 3.66. The van der Waals surface area contributed by atoms with Crippen LogP contribution >= 0.6 is 0 Å². The van der Waals surface area contributed by atoms with Crippen LogP contribution in [-0.2, 0) is 11.2 Å². The largest absolute Gasteiger partial charge is 0.381 e. The summed E-state index contributed by atoms with van der Waals surface area (Å²) in [7, 11) is 0. The summed E-state index contributed by atoms with van der Waals surface area (Å²) in [5.74, 6) is 1.32. The maximum atomic E-state index is 5.76. The van der Waals surface area contributed by atoms with Crippen LogP contribution < -0.4 is 5.32 Å². The Balaban J connectivity index is 1.73. The average molecular weight is 275 g/mol. The predicted molar refractivity (Wildman–Crippen MR) is 84.9 cm³/mol. The van der Waals surface area contributed by atoms with Gasteiger partial charge in [0.25, 0.3) is 0 Å². The van der Waals surface area contributed by atoms with Crippen molar-refractivity contribution in [3.63, 3.8) is 0 Å². The average Bonchev–Trinajstić information content (AvgIpc) is 3.25. The molecule has 1 N–H and O–H groups in total. The molecular weight excluding hydrogens is 246 g/mol. The van der Waals surface area contributed by atoms with Gasteiger partial charge in [-0.1, -0.05) is 44.2 Å². The van der Waals surface area contributed by atoms with E-state index in [4.69, 9.17) is 4.74 Å². The molecule has 0 amide bonds. The third kappa shape index (κ3) is 6.53. The number of ether oxygens (including phenoxy) is 1. The van der Waals surface area contributed by atoms with Crippen LogP contribution in [0.15, 0.2) is 30.3 Å². The van der Waals surface area contributed by atoms with Crippen molar-refractivity contribution in [1.29, 1.82) is 0 Å².